The van der Waals surface area contributed by atoms with E-state index in [1.54, 1.807) is 6.21 Å². The van der Waals surface area contributed by atoms with Crippen molar-refractivity contribution in [1.29, 1.82) is 0 Å². The zero-order valence-electron chi connectivity index (χ0n) is 16.3. The number of amides is 1. The topological polar surface area (TPSA) is 50.7 Å². The van der Waals surface area contributed by atoms with Crippen LogP contribution in [-0.2, 0) is 4.79 Å². The molecule has 0 fully saturated rings. The highest BCUT2D eigenvalue weighted by Crippen LogP contribution is 2.21. The van der Waals surface area contributed by atoms with Crippen LogP contribution in [0.3, 0.4) is 0 Å². The van der Waals surface area contributed by atoms with Gasteiger partial charge in [-0.05, 0) is 61.9 Å². The molecule has 0 aliphatic heterocycles. The Morgan fingerprint density at radius 1 is 1.15 bits per heavy atom. The Kier molecular flexibility index (Phi) is 6.96. The maximum Gasteiger partial charge on any atom is 0.277 e. The quantitative estimate of drug-likeness (QED) is 0.582. The molecule has 0 heterocycles. The smallest absolute Gasteiger partial charge is 0.277 e. The molecule has 1 N–H and O–H groups in total. The summed E-state index contributed by atoms with van der Waals surface area (Å²) in [6.07, 6.45) is 2.78. The molecule has 2 aromatic carbocycles. The van der Waals surface area contributed by atoms with Gasteiger partial charge in [-0.25, -0.2) is 5.43 Å². The lowest BCUT2D eigenvalue weighted by molar-refractivity contribution is -0.123. The van der Waals surface area contributed by atoms with Gasteiger partial charge in [0.05, 0.1) is 6.21 Å². The van der Waals surface area contributed by atoms with E-state index in [-0.39, 0.29) is 12.5 Å². The summed E-state index contributed by atoms with van der Waals surface area (Å²) in [7, 11) is 0. The molecule has 1 amide bonds. The fourth-order valence-corrected chi connectivity index (χ4v) is 2.87. The molecule has 0 saturated heterocycles. The molecule has 2 rings (SSSR count). The lowest BCUT2D eigenvalue weighted by Crippen LogP contribution is -2.24. The highest BCUT2D eigenvalue weighted by molar-refractivity contribution is 5.85. The van der Waals surface area contributed by atoms with Crippen LogP contribution in [-0.4, -0.2) is 18.7 Å². The van der Waals surface area contributed by atoms with E-state index in [1.165, 1.54) is 11.1 Å². The van der Waals surface area contributed by atoms with Gasteiger partial charge >= 0.3 is 0 Å². The minimum absolute atomic E-state index is 0.0636. The number of hydrogen-bond acceptors (Lipinski definition) is 3. The van der Waals surface area contributed by atoms with Crippen molar-refractivity contribution >= 4 is 12.1 Å². The molecule has 0 radical (unpaired) electrons. The van der Waals surface area contributed by atoms with Crippen LogP contribution in [0.15, 0.2) is 41.5 Å². The van der Waals surface area contributed by atoms with Crippen LogP contribution in [0.4, 0.5) is 0 Å². The fraction of sp³-hybridized carbons (Fsp3) is 0.364. The van der Waals surface area contributed by atoms with Crippen LogP contribution >= 0.6 is 0 Å². The summed E-state index contributed by atoms with van der Waals surface area (Å²) in [5.41, 5.74) is 8.31. The Balaban J connectivity index is 1.86. The van der Waals surface area contributed by atoms with Gasteiger partial charge in [-0.2, -0.15) is 5.10 Å². The molecule has 26 heavy (non-hydrogen) atoms. The largest absolute Gasteiger partial charge is 0.484 e. The minimum atomic E-state index is -0.283. The first-order valence-electron chi connectivity index (χ1n) is 9.03. The third kappa shape index (κ3) is 5.45. The molecule has 0 aliphatic carbocycles. The van der Waals surface area contributed by atoms with Crippen LogP contribution in [0.5, 0.6) is 5.75 Å². The highest BCUT2D eigenvalue weighted by atomic mass is 16.5. The van der Waals surface area contributed by atoms with Gasteiger partial charge in [-0.15, -0.1) is 0 Å². The predicted octanol–water partition coefficient (Wildman–Crippen LogP) is 4.65. The van der Waals surface area contributed by atoms with E-state index in [1.807, 2.05) is 38.1 Å². The van der Waals surface area contributed by atoms with Gasteiger partial charge in [0.1, 0.15) is 5.75 Å². The molecule has 0 saturated carbocycles. The molecule has 0 aliphatic rings. The summed E-state index contributed by atoms with van der Waals surface area (Å²) in [6, 6.07) is 12.1. The summed E-state index contributed by atoms with van der Waals surface area (Å²) in [4.78, 5) is 11.9. The third-order valence-electron chi connectivity index (χ3n) is 4.55. The van der Waals surface area contributed by atoms with Crippen molar-refractivity contribution in [2.24, 2.45) is 5.10 Å². The zero-order valence-corrected chi connectivity index (χ0v) is 16.3. The van der Waals surface area contributed by atoms with E-state index in [2.05, 4.69) is 43.4 Å². The number of carbonyl (C=O) groups excluding carboxylic acids is 1. The maximum atomic E-state index is 11.9. The first-order chi connectivity index (χ1) is 12.4. The number of aryl methyl sites for hydroxylation is 3. The first-order valence-corrected chi connectivity index (χ1v) is 9.03. The number of carbonyl (C=O) groups is 1. The highest BCUT2D eigenvalue weighted by Gasteiger charge is 2.05. The molecular weight excluding hydrogens is 324 g/mol. The molecule has 1 atom stereocenters. The number of nitrogens with zero attached hydrogens (tertiary/aromatic N) is 1. The molecule has 1 unspecified atom stereocenters. The van der Waals surface area contributed by atoms with E-state index < -0.39 is 0 Å². The molecule has 0 aromatic heterocycles. The van der Waals surface area contributed by atoms with Crippen molar-refractivity contribution in [2.45, 2.75) is 47.0 Å². The standard InChI is InChI=1S/C22H28N2O2/c1-6-16(3)19-7-9-20(10-8-19)26-14-22(25)24-23-13-21-17(4)11-15(2)12-18(21)5/h7-13,16H,6,14H2,1-5H3,(H,24,25)/b23-13+. The average molecular weight is 352 g/mol. The Morgan fingerprint density at radius 3 is 2.35 bits per heavy atom. The zero-order chi connectivity index (χ0) is 19.1. The lowest BCUT2D eigenvalue weighted by atomic mass is 9.99. The van der Waals surface area contributed by atoms with Crippen LogP contribution in [0.25, 0.3) is 0 Å². The van der Waals surface area contributed by atoms with Gasteiger partial charge in [-0.1, -0.05) is 43.7 Å². The summed E-state index contributed by atoms with van der Waals surface area (Å²) < 4.78 is 5.52. The first kappa shape index (κ1) is 19.7. The molecule has 2 aromatic rings. The van der Waals surface area contributed by atoms with Crippen molar-refractivity contribution in [3.8, 4) is 5.75 Å². The van der Waals surface area contributed by atoms with Crippen LogP contribution in [0.1, 0.15) is 54.0 Å². The molecule has 0 spiro atoms. The van der Waals surface area contributed by atoms with E-state index in [0.29, 0.717) is 11.7 Å². The van der Waals surface area contributed by atoms with Gasteiger partial charge < -0.3 is 4.74 Å². The van der Waals surface area contributed by atoms with Crippen LogP contribution in [0.2, 0.25) is 0 Å². The molecule has 4 nitrogen and oxygen atoms in total. The van der Waals surface area contributed by atoms with Crippen LogP contribution < -0.4 is 10.2 Å². The van der Waals surface area contributed by atoms with E-state index in [9.17, 15) is 4.79 Å². The SMILES string of the molecule is CCC(C)c1ccc(OCC(=O)N/N=C/c2c(C)cc(C)cc2C)cc1. The average Bonchev–Trinajstić information content (AvgIpc) is 2.62. The monoisotopic (exact) mass is 352 g/mol. The Bertz CT molecular complexity index is 756. The fourth-order valence-electron chi connectivity index (χ4n) is 2.87. The molecular formula is C22H28N2O2. The minimum Gasteiger partial charge on any atom is -0.484 e. The maximum absolute atomic E-state index is 11.9. The van der Waals surface area contributed by atoms with Crippen LogP contribution in [0, 0.1) is 20.8 Å². The third-order valence-corrected chi connectivity index (χ3v) is 4.55. The van der Waals surface area contributed by atoms with Crippen molar-refractivity contribution in [1.82, 2.24) is 5.43 Å². The van der Waals surface area contributed by atoms with Crippen molar-refractivity contribution in [3.63, 3.8) is 0 Å². The summed E-state index contributed by atoms with van der Waals surface area (Å²) in [5, 5.41) is 4.05. The second-order valence-electron chi connectivity index (χ2n) is 6.77. The second-order valence-corrected chi connectivity index (χ2v) is 6.77. The number of ether oxygens (including phenoxy) is 1. The number of hydrogen-bond donors (Lipinski definition) is 1. The van der Waals surface area contributed by atoms with Gasteiger partial charge in [-0.3, -0.25) is 4.79 Å². The van der Waals surface area contributed by atoms with Crippen molar-refractivity contribution in [2.75, 3.05) is 6.61 Å². The van der Waals surface area contributed by atoms with Gasteiger partial charge in [0.15, 0.2) is 6.61 Å². The molecule has 0 bridgehead atoms. The number of nitrogens with one attached hydrogen (secondary N) is 1. The van der Waals surface area contributed by atoms with Gasteiger partial charge in [0.25, 0.3) is 5.91 Å². The number of hydrazone groups is 1. The summed E-state index contributed by atoms with van der Waals surface area (Å²) in [6.45, 7) is 10.4. The lowest BCUT2D eigenvalue weighted by Gasteiger charge is -2.10. The Hall–Kier alpha value is -2.62. The Labute approximate surface area is 156 Å². The second kappa shape index (κ2) is 9.18. The number of rotatable bonds is 7. The predicted molar refractivity (Wildman–Crippen MR) is 107 cm³/mol. The number of benzene rings is 2. The van der Waals surface area contributed by atoms with Crippen molar-refractivity contribution in [3.05, 3.63) is 64.2 Å². The van der Waals surface area contributed by atoms with E-state index in [0.717, 1.165) is 23.1 Å². The summed E-state index contributed by atoms with van der Waals surface area (Å²) >= 11 is 0. The molecule has 4 heteroatoms. The summed E-state index contributed by atoms with van der Waals surface area (Å²) in [5.74, 6) is 0.923. The van der Waals surface area contributed by atoms with E-state index >= 15 is 0 Å². The van der Waals surface area contributed by atoms with Gasteiger partial charge in [0, 0.05) is 5.56 Å². The van der Waals surface area contributed by atoms with Gasteiger partial charge in [0.2, 0.25) is 0 Å². The normalized spacial score (nSPS) is 12.2. The van der Waals surface area contributed by atoms with E-state index in [4.69, 9.17) is 4.74 Å². The molecule has 138 valence electrons. The van der Waals surface area contributed by atoms with Crippen molar-refractivity contribution < 1.29 is 9.53 Å². The Morgan fingerprint density at radius 2 is 1.77 bits per heavy atom.